The van der Waals surface area contributed by atoms with Crippen LogP contribution in [-0.4, -0.2) is 34.3 Å². The first kappa shape index (κ1) is 19.1. The molecule has 0 aliphatic rings. The summed E-state index contributed by atoms with van der Waals surface area (Å²) in [4.78, 5) is 0. The molecule has 4 rings (SSSR count). The summed E-state index contributed by atoms with van der Waals surface area (Å²) in [6.45, 7) is 2.56. The monoisotopic (exact) mass is 419 g/mol. The number of H-pyrrole nitrogens is 1. The molecular formula is C18H16F3N7S. The summed E-state index contributed by atoms with van der Waals surface area (Å²) in [5.74, 6) is 0.218. The van der Waals surface area contributed by atoms with Gasteiger partial charge in [-0.1, -0.05) is 29.8 Å². The molecule has 0 unspecified atom stereocenters. The van der Waals surface area contributed by atoms with Crippen molar-refractivity contribution >= 4 is 12.2 Å². The summed E-state index contributed by atoms with van der Waals surface area (Å²) in [5.41, 5.74) is 2.00. The summed E-state index contributed by atoms with van der Waals surface area (Å²) < 4.78 is 43.7. The van der Waals surface area contributed by atoms with Gasteiger partial charge in [-0.15, -0.1) is 0 Å². The Hall–Kier alpha value is -3.21. The van der Waals surface area contributed by atoms with E-state index >= 15 is 0 Å². The normalized spacial score (nSPS) is 11.9. The van der Waals surface area contributed by atoms with E-state index in [0.29, 0.717) is 12.2 Å². The first-order valence-corrected chi connectivity index (χ1v) is 9.00. The van der Waals surface area contributed by atoms with Crippen LogP contribution >= 0.6 is 12.2 Å². The number of aryl methyl sites for hydroxylation is 2. The second-order valence-electron chi connectivity index (χ2n) is 6.61. The quantitative estimate of drug-likeness (QED) is 0.510. The van der Waals surface area contributed by atoms with Gasteiger partial charge in [-0.3, -0.25) is 19.0 Å². The van der Waals surface area contributed by atoms with Gasteiger partial charge in [-0.25, -0.2) is 0 Å². The second-order valence-corrected chi connectivity index (χ2v) is 6.99. The van der Waals surface area contributed by atoms with E-state index < -0.39 is 11.9 Å². The maximum absolute atomic E-state index is 13.0. The third-order valence-corrected chi connectivity index (χ3v) is 4.69. The summed E-state index contributed by atoms with van der Waals surface area (Å²) in [7, 11) is 1.42. The van der Waals surface area contributed by atoms with Crippen LogP contribution in [0.1, 0.15) is 16.8 Å². The van der Waals surface area contributed by atoms with Gasteiger partial charge in [-0.2, -0.15) is 28.5 Å². The summed E-state index contributed by atoms with van der Waals surface area (Å²) in [6, 6.07) is 9.01. The molecule has 0 atom stereocenters. The van der Waals surface area contributed by atoms with E-state index in [1.807, 2.05) is 31.2 Å². The van der Waals surface area contributed by atoms with Gasteiger partial charge in [0, 0.05) is 13.2 Å². The second kappa shape index (κ2) is 6.99. The molecular weight excluding hydrogens is 403 g/mol. The number of aromatic amines is 1. The zero-order valence-corrected chi connectivity index (χ0v) is 16.3. The number of aromatic nitrogens is 7. The molecule has 0 spiro atoms. The Kier molecular flexibility index (Phi) is 4.61. The lowest BCUT2D eigenvalue weighted by Gasteiger charge is -2.04. The van der Waals surface area contributed by atoms with Crippen molar-refractivity contribution in [3.05, 3.63) is 64.3 Å². The van der Waals surface area contributed by atoms with Gasteiger partial charge in [0.15, 0.2) is 16.3 Å². The Bertz CT molecular complexity index is 1210. The first-order valence-electron chi connectivity index (χ1n) is 8.60. The topological polar surface area (TPSA) is 69.2 Å². The number of nitrogens with one attached hydrogen (secondary N) is 1. The number of alkyl halides is 3. The molecule has 29 heavy (non-hydrogen) atoms. The molecule has 0 saturated carbocycles. The van der Waals surface area contributed by atoms with E-state index in [9.17, 15) is 13.2 Å². The minimum absolute atomic E-state index is 0.177. The van der Waals surface area contributed by atoms with Crippen LogP contribution in [0.2, 0.25) is 0 Å². The molecule has 4 aromatic rings. The first-order chi connectivity index (χ1) is 13.7. The van der Waals surface area contributed by atoms with Gasteiger partial charge in [0.25, 0.3) is 0 Å². The van der Waals surface area contributed by atoms with Crippen molar-refractivity contribution < 1.29 is 13.2 Å². The summed E-state index contributed by atoms with van der Waals surface area (Å²) in [6.07, 6.45) is -1.20. The number of hydrogen-bond acceptors (Lipinski definition) is 4. The number of hydrogen-bond donors (Lipinski definition) is 1. The summed E-state index contributed by atoms with van der Waals surface area (Å²) >= 11 is 5.29. The largest absolute Gasteiger partial charge is 0.435 e. The highest BCUT2D eigenvalue weighted by atomic mass is 32.1. The molecule has 1 N–H and O–H groups in total. The average Bonchev–Trinajstić information content (AvgIpc) is 3.35. The van der Waals surface area contributed by atoms with Crippen LogP contribution in [0, 0.1) is 11.7 Å². The lowest BCUT2D eigenvalue weighted by Crippen LogP contribution is -2.06. The van der Waals surface area contributed by atoms with Crippen molar-refractivity contribution in [3.63, 3.8) is 0 Å². The van der Waals surface area contributed by atoms with Crippen molar-refractivity contribution in [2.75, 3.05) is 0 Å². The third-order valence-electron chi connectivity index (χ3n) is 4.41. The van der Waals surface area contributed by atoms with E-state index in [0.717, 1.165) is 16.3 Å². The van der Waals surface area contributed by atoms with Crippen LogP contribution in [-0.2, 0) is 19.8 Å². The molecule has 0 amide bonds. The maximum Gasteiger partial charge on any atom is 0.435 e. The average molecular weight is 419 g/mol. The lowest BCUT2D eigenvalue weighted by atomic mass is 10.1. The smallest absolute Gasteiger partial charge is 0.266 e. The van der Waals surface area contributed by atoms with Gasteiger partial charge >= 0.3 is 6.18 Å². The molecule has 0 radical (unpaired) electrons. The van der Waals surface area contributed by atoms with Crippen LogP contribution in [0.3, 0.4) is 0 Å². The Morgan fingerprint density at radius 3 is 2.55 bits per heavy atom. The fourth-order valence-electron chi connectivity index (χ4n) is 2.96. The standard InChI is InChI=1S/C18H16F3N7S/c1-11-3-5-12(6-4-11)9-27-10-13(8-22-27)28-16(23-24-17(28)29)14-7-15(18(19,20)21)25-26(14)2/h3-8,10H,9H2,1-2H3,(H,24,29). The van der Waals surface area contributed by atoms with Crippen LogP contribution in [0.5, 0.6) is 0 Å². The highest BCUT2D eigenvalue weighted by Gasteiger charge is 2.35. The van der Waals surface area contributed by atoms with Gasteiger partial charge in [0.1, 0.15) is 5.69 Å². The minimum Gasteiger partial charge on any atom is -0.266 e. The highest BCUT2D eigenvalue weighted by molar-refractivity contribution is 7.71. The fourth-order valence-corrected chi connectivity index (χ4v) is 3.20. The number of rotatable bonds is 4. The Labute approximate surface area is 168 Å². The molecule has 150 valence electrons. The Morgan fingerprint density at radius 1 is 1.17 bits per heavy atom. The van der Waals surface area contributed by atoms with E-state index in [1.165, 1.54) is 17.2 Å². The molecule has 3 aromatic heterocycles. The molecule has 0 aliphatic heterocycles. The van der Waals surface area contributed by atoms with E-state index in [1.54, 1.807) is 17.1 Å². The van der Waals surface area contributed by atoms with Gasteiger partial charge in [-0.05, 0) is 30.8 Å². The molecule has 0 saturated heterocycles. The van der Waals surface area contributed by atoms with Crippen molar-refractivity contribution in [2.24, 2.45) is 7.05 Å². The maximum atomic E-state index is 13.0. The number of nitrogens with zero attached hydrogens (tertiary/aromatic N) is 6. The van der Waals surface area contributed by atoms with Gasteiger partial charge in [0.2, 0.25) is 0 Å². The third kappa shape index (κ3) is 3.73. The molecule has 0 aliphatic carbocycles. The zero-order chi connectivity index (χ0) is 20.8. The fraction of sp³-hybridized carbons (Fsp3) is 0.222. The number of halogens is 3. The molecule has 0 bridgehead atoms. The van der Waals surface area contributed by atoms with Crippen LogP contribution < -0.4 is 0 Å². The molecule has 7 nitrogen and oxygen atoms in total. The Balaban J connectivity index is 1.70. The van der Waals surface area contributed by atoms with Gasteiger partial charge in [0.05, 0.1) is 18.4 Å². The Morgan fingerprint density at radius 2 is 1.90 bits per heavy atom. The van der Waals surface area contributed by atoms with E-state index in [2.05, 4.69) is 20.4 Å². The molecule has 0 fully saturated rings. The van der Waals surface area contributed by atoms with Crippen LogP contribution in [0.25, 0.3) is 17.2 Å². The molecule has 1 aromatic carbocycles. The predicted molar refractivity (Wildman–Crippen MR) is 102 cm³/mol. The van der Waals surface area contributed by atoms with Crippen LogP contribution in [0.4, 0.5) is 13.2 Å². The molecule has 3 heterocycles. The highest BCUT2D eigenvalue weighted by Crippen LogP contribution is 2.31. The van der Waals surface area contributed by atoms with Crippen LogP contribution in [0.15, 0.2) is 42.7 Å². The number of benzene rings is 1. The molecule has 11 heteroatoms. The van der Waals surface area contributed by atoms with Crippen molar-refractivity contribution in [2.45, 2.75) is 19.6 Å². The van der Waals surface area contributed by atoms with E-state index in [-0.39, 0.29) is 16.3 Å². The summed E-state index contributed by atoms with van der Waals surface area (Å²) in [5, 5.41) is 14.6. The zero-order valence-electron chi connectivity index (χ0n) is 15.5. The predicted octanol–water partition coefficient (Wildman–Crippen LogP) is 3.90. The van der Waals surface area contributed by atoms with Crippen molar-refractivity contribution in [1.82, 2.24) is 34.3 Å². The minimum atomic E-state index is -4.55. The van der Waals surface area contributed by atoms with Crippen molar-refractivity contribution in [1.29, 1.82) is 0 Å². The lowest BCUT2D eigenvalue weighted by molar-refractivity contribution is -0.141. The SMILES string of the molecule is Cc1ccc(Cn2cc(-n3c(-c4cc(C(F)(F)F)nn4C)n[nH]c3=S)cn2)cc1. The van der Waals surface area contributed by atoms with Crippen molar-refractivity contribution in [3.8, 4) is 17.2 Å². The van der Waals surface area contributed by atoms with E-state index in [4.69, 9.17) is 12.2 Å². The van der Waals surface area contributed by atoms with Gasteiger partial charge < -0.3 is 0 Å².